The van der Waals surface area contributed by atoms with E-state index in [4.69, 9.17) is 9.47 Å². The molecule has 0 fully saturated rings. The minimum atomic E-state index is -0.943. The lowest BCUT2D eigenvalue weighted by Crippen LogP contribution is -2.49. The number of amides is 3. The topological polar surface area (TPSA) is 126 Å². The zero-order chi connectivity index (χ0) is 31.9. The first-order valence-electron chi connectivity index (χ1n) is 14.9. The van der Waals surface area contributed by atoms with Crippen LogP contribution >= 0.6 is 0 Å². The van der Waals surface area contributed by atoms with Crippen molar-refractivity contribution < 1.29 is 29.0 Å². The van der Waals surface area contributed by atoms with E-state index in [0.717, 1.165) is 16.7 Å². The second-order valence-electron chi connectivity index (χ2n) is 10.5. The number of aliphatic hydroxyl groups is 1. The van der Waals surface area contributed by atoms with Gasteiger partial charge in [-0.15, -0.1) is 0 Å². The molecule has 0 saturated carbocycles. The van der Waals surface area contributed by atoms with E-state index in [1.54, 1.807) is 31.4 Å². The third-order valence-corrected chi connectivity index (χ3v) is 7.33. The van der Waals surface area contributed by atoms with E-state index in [1.807, 2.05) is 91.0 Å². The standard InChI is InChI=1S/C36H39N3O6/c1-44-30-21-19-27(20-22-30)32(24-40)39-34(41)31(18-11-23-37-36(43)45-25-26-12-5-2-6-13-26)38-35(42)33(28-14-7-3-8-15-28)29-16-9-4-10-17-29/h2-10,12-17,19-22,31-33,40H,11,18,23-25H2,1H3,(H,37,43)(H,38,42)(H,39,41)/t31-,32-/m0/s1. The molecule has 2 atom stereocenters. The molecule has 45 heavy (non-hydrogen) atoms. The maximum absolute atomic E-state index is 13.9. The molecule has 9 heteroatoms. The zero-order valence-corrected chi connectivity index (χ0v) is 25.2. The molecular weight excluding hydrogens is 570 g/mol. The molecule has 0 radical (unpaired) electrons. The summed E-state index contributed by atoms with van der Waals surface area (Å²) in [7, 11) is 1.56. The molecule has 234 valence electrons. The van der Waals surface area contributed by atoms with Crippen LogP contribution in [0.1, 0.15) is 47.1 Å². The van der Waals surface area contributed by atoms with Crippen LogP contribution in [-0.2, 0) is 20.9 Å². The van der Waals surface area contributed by atoms with Gasteiger partial charge in [0, 0.05) is 6.54 Å². The predicted molar refractivity (Wildman–Crippen MR) is 171 cm³/mol. The summed E-state index contributed by atoms with van der Waals surface area (Å²) in [6.45, 7) is 0.0300. The van der Waals surface area contributed by atoms with Gasteiger partial charge in [-0.2, -0.15) is 0 Å². The van der Waals surface area contributed by atoms with Crippen LogP contribution in [0.4, 0.5) is 4.79 Å². The quantitative estimate of drug-likeness (QED) is 0.143. The van der Waals surface area contributed by atoms with Crippen LogP contribution in [0.15, 0.2) is 115 Å². The van der Waals surface area contributed by atoms with Crippen molar-refractivity contribution in [2.24, 2.45) is 0 Å². The van der Waals surface area contributed by atoms with Gasteiger partial charge in [0.25, 0.3) is 0 Å². The molecule has 0 spiro atoms. The first-order chi connectivity index (χ1) is 22.0. The number of carbonyl (C=O) groups excluding carboxylic acids is 3. The molecule has 0 unspecified atom stereocenters. The molecule has 0 aliphatic carbocycles. The Hall–Kier alpha value is -5.15. The summed E-state index contributed by atoms with van der Waals surface area (Å²) in [5.41, 5.74) is 3.13. The van der Waals surface area contributed by atoms with Gasteiger partial charge in [-0.1, -0.05) is 103 Å². The molecule has 0 saturated heterocycles. The average Bonchev–Trinajstić information content (AvgIpc) is 3.09. The fourth-order valence-electron chi connectivity index (χ4n) is 4.92. The summed E-state index contributed by atoms with van der Waals surface area (Å²) in [6.07, 6.45) is 0.0389. The molecular formula is C36H39N3O6. The lowest BCUT2D eigenvalue weighted by molar-refractivity contribution is -0.130. The molecule has 4 aromatic carbocycles. The molecule has 3 amide bonds. The lowest BCUT2D eigenvalue weighted by Gasteiger charge is -2.25. The number of hydrogen-bond acceptors (Lipinski definition) is 6. The molecule has 9 nitrogen and oxygen atoms in total. The first kappa shape index (κ1) is 32.8. The van der Waals surface area contributed by atoms with Crippen LogP contribution in [0, 0.1) is 0 Å². The highest BCUT2D eigenvalue weighted by Crippen LogP contribution is 2.25. The molecule has 4 aromatic rings. The van der Waals surface area contributed by atoms with E-state index >= 15 is 0 Å². The Bertz CT molecular complexity index is 1440. The lowest BCUT2D eigenvalue weighted by atomic mass is 9.90. The Morgan fingerprint density at radius 1 is 0.711 bits per heavy atom. The largest absolute Gasteiger partial charge is 0.497 e. The summed E-state index contributed by atoms with van der Waals surface area (Å²) < 4.78 is 10.5. The van der Waals surface area contributed by atoms with Gasteiger partial charge in [0.05, 0.1) is 25.7 Å². The maximum Gasteiger partial charge on any atom is 0.407 e. The van der Waals surface area contributed by atoms with Gasteiger partial charge in [0.1, 0.15) is 18.4 Å². The molecule has 0 bridgehead atoms. The average molecular weight is 610 g/mol. The van der Waals surface area contributed by atoms with E-state index < -0.39 is 30.0 Å². The second kappa shape index (κ2) is 17.2. The van der Waals surface area contributed by atoms with Crippen molar-refractivity contribution >= 4 is 17.9 Å². The van der Waals surface area contributed by atoms with Gasteiger partial charge < -0.3 is 30.5 Å². The van der Waals surface area contributed by atoms with Crippen molar-refractivity contribution in [1.82, 2.24) is 16.0 Å². The van der Waals surface area contributed by atoms with Gasteiger partial charge >= 0.3 is 6.09 Å². The van der Waals surface area contributed by atoms with Crippen LogP contribution in [0.25, 0.3) is 0 Å². The van der Waals surface area contributed by atoms with Gasteiger partial charge in [0.15, 0.2) is 0 Å². The monoisotopic (exact) mass is 609 g/mol. The molecule has 4 rings (SSSR count). The summed E-state index contributed by atoms with van der Waals surface area (Å²) in [5, 5.41) is 18.7. The van der Waals surface area contributed by atoms with Gasteiger partial charge in [-0.3, -0.25) is 9.59 Å². The predicted octanol–water partition coefficient (Wildman–Crippen LogP) is 4.87. The number of methoxy groups -OCH3 is 1. The third-order valence-electron chi connectivity index (χ3n) is 7.33. The highest BCUT2D eigenvalue weighted by atomic mass is 16.5. The normalized spacial score (nSPS) is 12.1. The number of ether oxygens (including phenoxy) is 2. The Kier molecular flexibility index (Phi) is 12.5. The molecule has 0 aliphatic heterocycles. The third kappa shape index (κ3) is 9.94. The molecule has 4 N–H and O–H groups in total. The second-order valence-corrected chi connectivity index (χ2v) is 10.5. The first-order valence-corrected chi connectivity index (χ1v) is 14.9. The van der Waals surface area contributed by atoms with Crippen molar-refractivity contribution in [3.63, 3.8) is 0 Å². The van der Waals surface area contributed by atoms with Gasteiger partial charge in [-0.25, -0.2) is 4.79 Å². The number of nitrogens with one attached hydrogen (secondary N) is 3. The van der Waals surface area contributed by atoms with Crippen molar-refractivity contribution in [2.75, 3.05) is 20.3 Å². The van der Waals surface area contributed by atoms with Crippen LogP contribution < -0.4 is 20.7 Å². The summed E-state index contributed by atoms with van der Waals surface area (Å²) >= 11 is 0. The van der Waals surface area contributed by atoms with E-state index in [0.29, 0.717) is 17.7 Å². The smallest absolute Gasteiger partial charge is 0.407 e. The Morgan fingerprint density at radius 3 is 1.84 bits per heavy atom. The summed E-state index contributed by atoms with van der Waals surface area (Å²) in [5.74, 6) is -0.795. The highest BCUT2D eigenvalue weighted by Gasteiger charge is 2.29. The van der Waals surface area contributed by atoms with Crippen molar-refractivity contribution in [2.45, 2.75) is 37.5 Å². The van der Waals surface area contributed by atoms with E-state index in [9.17, 15) is 19.5 Å². The van der Waals surface area contributed by atoms with Crippen LogP contribution in [0.2, 0.25) is 0 Å². The van der Waals surface area contributed by atoms with E-state index in [-0.39, 0.29) is 32.1 Å². The summed E-state index contributed by atoms with van der Waals surface area (Å²) in [6, 6.07) is 33.5. The number of aliphatic hydroxyl groups excluding tert-OH is 1. The number of benzene rings is 4. The van der Waals surface area contributed by atoms with Gasteiger partial charge in [-0.05, 0) is 47.2 Å². The highest BCUT2D eigenvalue weighted by molar-refractivity contribution is 5.92. The summed E-state index contributed by atoms with van der Waals surface area (Å²) in [4.78, 5) is 39.8. The Labute approximate surface area is 263 Å². The fourth-order valence-corrected chi connectivity index (χ4v) is 4.92. The van der Waals surface area contributed by atoms with Crippen molar-refractivity contribution in [3.05, 3.63) is 138 Å². The number of hydrogen-bond donors (Lipinski definition) is 4. The van der Waals surface area contributed by atoms with Crippen molar-refractivity contribution in [3.8, 4) is 5.75 Å². The number of carbonyl (C=O) groups is 3. The van der Waals surface area contributed by atoms with Gasteiger partial charge in [0.2, 0.25) is 11.8 Å². The van der Waals surface area contributed by atoms with Crippen LogP contribution in [0.5, 0.6) is 5.75 Å². The number of rotatable bonds is 15. The number of alkyl carbamates (subject to hydrolysis) is 1. The minimum absolute atomic E-state index is 0.141. The molecule has 0 aliphatic rings. The molecule has 0 heterocycles. The van der Waals surface area contributed by atoms with E-state index in [2.05, 4.69) is 16.0 Å². The van der Waals surface area contributed by atoms with Crippen molar-refractivity contribution in [1.29, 1.82) is 0 Å². The minimum Gasteiger partial charge on any atom is -0.497 e. The maximum atomic E-state index is 13.9. The Morgan fingerprint density at radius 2 is 1.29 bits per heavy atom. The Balaban J connectivity index is 1.45. The SMILES string of the molecule is COc1ccc([C@H](CO)NC(=O)[C@H](CCCNC(=O)OCc2ccccc2)NC(=O)C(c2ccccc2)c2ccccc2)cc1. The van der Waals surface area contributed by atoms with Crippen LogP contribution in [-0.4, -0.2) is 49.3 Å². The zero-order valence-electron chi connectivity index (χ0n) is 25.2. The van der Waals surface area contributed by atoms with Crippen LogP contribution in [0.3, 0.4) is 0 Å². The van der Waals surface area contributed by atoms with E-state index in [1.165, 1.54) is 0 Å². The molecule has 0 aromatic heterocycles. The fraction of sp³-hybridized carbons (Fsp3) is 0.250.